The van der Waals surface area contributed by atoms with E-state index in [1.165, 1.54) is 5.69 Å². The van der Waals surface area contributed by atoms with Crippen molar-refractivity contribution in [3.63, 3.8) is 0 Å². The number of thiol groups is 1. The van der Waals surface area contributed by atoms with Crippen LogP contribution in [-0.2, 0) is 0 Å². The highest BCUT2D eigenvalue weighted by Gasteiger charge is 2.19. The fourth-order valence-corrected chi connectivity index (χ4v) is 3.82. The average Bonchev–Trinajstić information content (AvgIpc) is 2.67. The van der Waals surface area contributed by atoms with Crippen LogP contribution in [0.1, 0.15) is 6.42 Å². The molecule has 0 aromatic heterocycles. The van der Waals surface area contributed by atoms with Crippen molar-refractivity contribution in [3.8, 4) is 5.75 Å². The molecule has 0 bridgehead atoms. The lowest BCUT2D eigenvalue weighted by Crippen LogP contribution is -2.46. The maximum Gasteiger partial charge on any atom is 0.142 e. The van der Waals surface area contributed by atoms with Crippen molar-refractivity contribution in [1.82, 2.24) is 4.90 Å². The van der Waals surface area contributed by atoms with Gasteiger partial charge >= 0.3 is 0 Å². The fourth-order valence-electron chi connectivity index (χ4n) is 3.28. The lowest BCUT2D eigenvalue weighted by Gasteiger charge is -2.36. The topological polar surface area (TPSA) is 27.7 Å². The van der Waals surface area contributed by atoms with Gasteiger partial charge in [-0.2, -0.15) is 0 Å². The molecule has 1 saturated heterocycles. The maximum absolute atomic E-state index is 5.96. The summed E-state index contributed by atoms with van der Waals surface area (Å²) in [5.41, 5.74) is 2.24. The predicted octanol–water partition coefficient (Wildman–Crippen LogP) is 4.26. The summed E-state index contributed by atoms with van der Waals surface area (Å²) in [4.78, 5) is 5.83. The molecule has 3 rings (SSSR count). The molecule has 0 radical (unpaired) electrons. The van der Waals surface area contributed by atoms with Crippen molar-refractivity contribution >= 4 is 35.6 Å². The predicted molar refractivity (Wildman–Crippen MR) is 113 cm³/mol. The largest absolute Gasteiger partial charge is 0.495 e. The monoisotopic (exact) mass is 391 g/mol. The Morgan fingerprint density at radius 2 is 1.88 bits per heavy atom. The number of nitrogens with zero attached hydrogens (tertiary/aromatic N) is 2. The van der Waals surface area contributed by atoms with Crippen LogP contribution in [0.25, 0.3) is 0 Å². The Bertz CT molecular complexity index is 720. The summed E-state index contributed by atoms with van der Waals surface area (Å²) in [6.45, 7) is 6.26. The van der Waals surface area contributed by atoms with Gasteiger partial charge in [-0.25, -0.2) is 0 Å². The summed E-state index contributed by atoms with van der Waals surface area (Å²) in [5, 5.41) is 4.16. The van der Waals surface area contributed by atoms with Gasteiger partial charge in [-0.15, -0.1) is 12.6 Å². The van der Waals surface area contributed by atoms with E-state index < -0.39 is 0 Å². The first-order chi connectivity index (χ1) is 12.7. The second-order valence-electron chi connectivity index (χ2n) is 6.44. The van der Waals surface area contributed by atoms with Crippen LogP contribution in [0.4, 0.5) is 11.4 Å². The Kier molecular flexibility index (Phi) is 6.94. The Morgan fingerprint density at radius 3 is 2.62 bits per heavy atom. The zero-order valence-corrected chi connectivity index (χ0v) is 16.8. The number of nitrogens with one attached hydrogen (secondary N) is 1. The number of rotatable bonds is 7. The molecule has 0 saturated carbocycles. The number of benzene rings is 2. The first-order valence-electron chi connectivity index (χ1n) is 9.00. The lowest BCUT2D eigenvalue weighted by atomic mass is 10.2. The smallest absolute Gasteiger partial charge is 0.142 e. The molecule has 2 aromatic carbocycles. The van der Waals surface area contributed by atoms with Crippen LogP contribution in [-0.4, -0.2) is 51.3 Å². The number of ether oxygens (including phenoxy) is 1. The minimum Gasteiger partial charge on any atom is -0.495 e. The number of para-hydroxylation sites is 2. The van der Waals surface area contributed by atoms with Crippen molar-refractivity contribution < 1.29 is 4.74 Å². The van der Waals surface area contributed by atoms with Crippen molar-refractivity contribution in [2.45, 2.75) is 11.3 Å². The highest BCUT2D eigenvalue weighted by atomic mass is 35.5. The number of methoxy groups -OCH3 is 1. The molecule has 1 fully saturated rings. The number of hydrogen-bond donors (Lipinski definition) is 2. The van der Waals surface area contributed by atoms with Gasteiger partial charge in [-0.05, 0) is 43.3 Å². The second-order valence-corrected chi connectivity index (χ2v) is 7.36. The summed E-state index contributed by atoms with van der Waals surface area (Å²) in [7, 11) is 1.74. The quantitative estimate of drug-likeness (QED) is 0.544. The lowest BCUT2D eigenvalue weighted by molar-refractivity contribution is 0.256. The second kappa shape index (κ2) is 9.40. The van der Waals surface area contributed by atoms with Crippen LogP contribution < -0.4 is 15.0 Å². The van der Waals surface area contributed by atoms with Gasteiger partial charge < -0.3 is 15.0 Å². The summed E-state index contributed by atoms with van der Waals surface area (Å²) < 4.78 is 5.49. The van der Waals surface area contributed by atoms with E-state index in [1.54, 1.807) is 7.11 Å². The molecule has 1 aliphatic rings. The third-order valence-corrected chi connectivity index (χ3v) is 5.33. The van der Waals surface area contributed by atoms with Crippen LogP contribution in [0.3, 0.4) is 0 Å². The van der Waals surface area contributed by atoms with E-state index >= 15 is 0 Å². The van der Waals surface area contributed by atoms with E-state index in [-0.39, 0.29) is 0 Å². The first kappa shape index (κ1) is 19.2. The molecule has 0 atom stereocenters. The fraction of sp³-hybridized carbons (Fsp3) is 0.400. The molecule has 0 amide bonds. The molecule has 26 heavy (non-hydrogen) atoms. The van der Waals surface area contributed by atoms with Crippen LogP contribution in [0.15, 0.2) is 47.4 Å². The van der Waals surface area contributed by atoms with Crippen LogP contribution in [0.5, 0.6) is 5.75 Å². The minimum atomic E-state index is 0.716. The van der Waals surface area contributed by atoms with Crippen molar-refractivity contribution in [2.75, 3.05) is 56.6 Å². The van der Waals surface area contributed by atoms with Gasteiger partial charge in [0.15, 0.2) is 0 Å². The molecule has 0 unspecified atom stereocenters. The van der Waals surface area contributed by atoms with Crippen LogP contribution in [0.2, 0.25) is 5.02 Å². The van der Waals surface area contributed by atoms with Gasteiger partial charge in [-0.3, -0.25) is 4.90 Å². The number of hydrogen-bond acceptors (Lipinski definition) is 5. The van der Waals surface area contributed by atoms with E-state index in [2.05, 4.69) is 39.9 Å². The van der Waals surface area contributed by atoms with Crippen molar-refractivity contribution in [2.24, 2.45) is 0 Å². The van der Waals surface area contributed by atoms with E-state index in [0.717, 1.165) is 62.0 Å². The Balaban J connectivity index is 1.40. The Labute approximate surface area is 166 Å². The van der Waals surface area contributed by atoms with E-state index in [1.807, 2.05) is 30.3 Å². The zero-order chi connectivity index (χ0) is 18.4. The SMILES string of the molecule is COc1ccccc1N1CCN(CCCNc2ccc(Cl)cc2S)CC1. The number of halogens is 1. The van der Waals surface area contributed by atoms with Gasteiger partial charge in [0.2, 0.25) is 0 Å². The molecular formula is C20H26ClN3OS. The van der Waals surface area contributed by atoms with E-state index in [4.69, 9.17) is 16.3 Å². The standard InChI is InChI=1S/C20H26ClN3OS/c1-25-19-6-3-2-5-18(19)24-13-11-23(12-14-24)10-4-9-22-17-8-7-16(21)15-20(17)26/h2-3,5-8,15,22,26H,4,9-14H2,1H3. The van der Waals surface area contributed by atoms with Gasteiger partial charge in [0.05, 0.1) is 12.8 Å². The Hall–Kier alpha value is -1.56. The van der Waals surface area contributed by atoms with Crippen LogP contribution >= 0.6 is 24.2 Å². The third-order valence-electron chi connectivity index (χ3n) is 4.72. The number of piperazine rings is 1. The molecule has 6 heteroatoms. The molecule has 1 heterocycles. The molecule has 0 spiro atoms. The van der Waals surface area contributed by atoms with E-state index in [0.29, 0.717) is 5.02 Å². The minimum absolute atomic E-state index is 0.716. The molecule has 140 valence electrons. The van der Waals surface area contributed by atoms with Crippen molar-refractivity contribution in [1.29, 1.82) is 0 Å². The molecule has 1 N–H and O–H groups in total. The normalized spacial score (nSPS) is 15.1. The summed E-state index contributed by atoms with van der Waals surface area (Å²) in [6, 6.07) is 14.0. The van der Waals surface area contributed by atoms with Crippen molar-refractivity contribution in [3.05, 3.63) is 47.5 Å². The molecule has 1 aliphatic heterocycles. The molecule has 2 aromatic rings. The highest BCUT2D eigenvalue weighted by molar-refractivity contribution is 7.80. The summed E-state index contributed by atoms with van der Waals surface area (Å²) in [5.74, 6) is 0.954. The van der Waals surface area contributed by atoms with E-state index in [9.17, 15) is 0 Å². The highest BCUT2D eigenvalue weighted by Crippen LogP contribution is 2.28. The Morgan fingerprint density at radius 1 is 1.12 bits per heavy atom. The van der Waals surface area contributed by atoms with Gasteiger partial charge in [0, 0.05) is 48.3 Å². The molecular weight excluding hydrogens is 366 g/mol. The van der Waals surface area contributed by atoms with Gasteiger partial charge in [-0.1, -0.05) is 23.7 Å². The summed E-state index contributed by atoms with van der Waals surface area (Å²) >= 11 is 10.4. The molecule has 4 nitrogen and oxygen atoms in total. The maximum atomic E-state index is 5.96. The number of anilines is 2. The van der Waals surface area contributed by atoms with Crippen LogP contribution in [0, 0.1) is 0 Å². The van der Waals surface area contributed by atoms with Gasteiger partial charge in [0.1, 0.15) is 5.75 Å². The van der Waals surface area contributed by atoms with Gasteiger partial charge in [0.25, 0.3) is 0 Å². The zero-order valence-electron chi connectivity index (χ0n) is 15.1. The third kappa shape index (κ3) is 5.00. The molecule has 0 aliphatic carbocycles. The average molecular weight is 392 g/mol. The first-order valence-corrected chi connectivity index (χ1v) is 9.82. The summed E-state index contributed by atoms with van der Waals surface area (Å²) in [6.07, 6.45) is 1.10.